The second-order valence-electron chi connectivity index (χ2n) is 6.52. The summed E-state index contributed by atoms with van der Waals surface area (Å²) in [4.78, 5) is 15.0. The van der Waals surface area contributed by atoms with Gasteiger partial charge < -0.3 is 9.64 Å². The molecule has 0 amide bonds. The highest BCUT2D eigenvalue weighted by Gasteiger charge is 2.36. The minimum atomic E-state index is -0.727. The fourth-order valence-corrected chi connectivity index (χ4v) is 3.41. The minimum absolute atomic E-state index is 0.133. The standard InChI is InChI=1S/C23H31NO2/c1-4-23(20-14-9-7-10-15-20,21-16-11-8-12-17-21)26-22(25)18-13-19-24(5-2)6-3/h7-12,14-17H,4-6,13,18-19H2,1-3H3. The lowest BCUT2D eigenvalue weighted by Crippen LogP contribution is -2.33. The number of ether oxygens (including phenoxy) is 1. The normalized spacial score (nSPS) is 11.5. The Morgan fingerprint density at radius 3 is 1.81 bits per heavy atom. The van der Waals surface area contributed by atoms with Gasteiger partial charge in [-0.3, -0.25) is 4.79 Å². The summed E-state index contributed by atoms with van der Waals surface area (Å²) in [7, 11) is 0. The first-order valence-electron chi connectivity index (χ1n) is 9.71. The quantitative estimate of drug-likeness (QED) is 0.563. The average Bonchev–Trinajstić information content (AvgIpc) is 2.71. The molecule has 2 rings (SSSR count). The molecule has 0 atom stereocenters. The van der Waals surface area contributed by atoms with Crippen LogP contribution in [-0.2, 0) is 15.1 Å². The van der Waals surface area contributed by atoms with Crippen LogP contribution < -0.4 is 0 Å². The van der Waals surface area contributed by atoms with Gasteiger partial charge in [0.1, 0.15) is 0 Å². The maximum atomic E-state index is 12.7. The van der Waals surface area contributed by atoms with Crippen LogP contribution in [0, 0.1) is 0 Å². The van der Waals surface area contributed by atoms with Gasteiger partial charge in [-0.15, -0.1) is 0 Å². The van der Waals surface area contributed by atoms with Crippen molar-refractivity contribution in [2.75, 3.05) is 19.6 Å². The summed E-state index contributed by atoms with van der Waals surface area (Å²) in [5.41, 5.74) is 1.31. The Labute approximate surface area is 158 Å². The molecule has 2 aromatic rings. The van der Waals surface area contributed by atoms with Gasteiger partial charge >= 0.3 is 5.97 Å². The van der Waals surface area contributed by atoms with Gasteiger partial charge in [0.25, 0.3) is 0 Å². The predicted molar refractivity (Wildman–Crippen MR) is 107 cm³/mol. The predicted octanol–water partition coefficient (Wildman–Crippen LogP) is 5.01. The molecule has 0 fully saturated rings. The summed E-state index contributed by atoms with van der Waals surface area (Å²) < 4.78 is 6.15. The number of carbonyl (C=O) groups excluding carboxylic acids is 1. The summed E-state index contributed by atoms with van der Waals surface area (Å²) in [6, 6.07) is 20.1. The first kappa shape index (κ1) is 20.2. The number of rotatable bonds is 10. The van der Waals surface area contributed by atoms with Crippen molar-refractivity contribution in [1.29, 1.82) is 0 Å². The fourth-order valence-electron chi connectivity index (χ4n) is 3.41. The molecule has 0 unspecified atom stereocenters. The molecule has 0 saturated heterocycles. The van der Waals surface area contributed by atoms with Crippen molar-refractivity contribution in [2.45, 2.75) is 45.6 Å². The molecule has 0 aliphatic carbocycles. The molecule has 0 aliphatic rings. The Hall–Kier alpha value is -2.13. The summed E-state index contributed by atoms with van der Waals surface area (Å²) in [5.74, 6) is -0.133. The molecule has 26 heavy (non-hydrogen) atoms. The van der Waals surface area contributed by atoms with Crippen LogP contribution in [0.3, 0.4) is 0 Å². The van der Waals surface area contributed by atoms with Crippen LogP contribution in [0.1, 0.15) is 51.2 Å². The van der Waals surface area contributed by atoms with Crippen LogP contribution in [0.4, 0.5) is 0 Å². The van der Waals surface area contributed by atoms with E-state index in [1.165, 1.54) is 0 Å². The molecular formula is C23H31NO2. The van der Waals surface area contributed by atoms with E-state index in [1.54, 1.807) is 0 Å². The second-order valence-corrected chi connectivity index (χ2v) is 6.52. The number of esters is 1. The molecule has 0 bridgehead atoms. The summed E-state index contributed by atoms with van der Waals surface area (Å²) in [5, 5.41) is 0. The molecule has 0 spiro atoms. The van der Waals surface area contributed by atoms with Crippen molar-refractivity contribution < 1.29 is 9.53 Å². The average molecular weight is 354 g/mol. The lowest BCUT2D eigenvalue weighted by molar-refractivity contribution is -0.157. The highest BCUT2D eigenvalue weighted by Crippen LogP contribution is 2.37. The minimum Gasteiger partial charge on any atom is -0.449 e. The van der Waals surface area contributed by atoms with Crippen LogP contribution in [0.5, 0.6) is 0 Å². The molecule has 0 N–H and O–H groups in total. The topological polar surface area (TPSA) is 29.5 Å². The molecule has 3 nitrogen and oxygen atoms in total. The zero-order valence-electron chi connectivity index (χ0n) is 16.3. The zero-order chi connectivity index (χ0) is 18.8. The van der Waals surface area contributed by atoms with Gasteiger partial charge in [-0.05, 0) is 32.5 Å². The highest BCUT2D eigenvalue weighted by atomic mass is 16.6. The van der Waals surface area contributed by atoms with Crippen LogP contribution >= 0.6 is 0 Å². The Kier molecular flexibility index (Phi) is 7.86. The van der Waals surface area contributed by atoms with E-state index in [-0.39, 0.29) is 5.97 Å². The molecular weight excluding hydrogens is 322 g/mol. The lowest BCUT2D eigenvalue weighted by Gasteiger charge is -2.34. The summed E-state index contributed by atoms with van der Waals surface area (Å²) in [6.07, 6.45) is 1.96. The largest absolute Gasteiger partial charge is 0.449 e. The molecule has 0 aromatic heterocycles. The van der Waals surface area contributed by atoms with Crippen LogP contribution in [0.15, 0.2) is 60.7 Å². The Bertz CT molecular complexity index is 611. The van der Waals surface area contributed by atoms with Crippen molar-refractivity contribution in [3.63, 3.8) is 0 Å². The van der Waals surface area contributed by atoms with Crippen LogP contribution in [0.2, 0.25) is 0 Å². The Balaban J connectivity index is 2.18. The zero-order valence-corrected chi connectivity index (χ0v) is 16.3. The third-order valence-corrected chi connectivity index (χ3v) is 5.02. The van der Waals surface area contributed by atoms with Gasteiger partial charge in [0.05, 0.1) is 0 Å². The Morgan fingerprint density at radius 2 is 1.38 bits per heavy atom. The van der Waals surface area contributed by atoms with Crippen LogP contribution in [0.25, 0.3) is 0 Å². The third-order valence-electron chi connectivity index (χ3n) is 5.02. The van der Waals surface area contributed by atoms with Gasteiger partial charge in [-0.25, -0.2) is 0 Å². The van der Waals surface area contributed by atoms with E-state index in [4.69, 9.17) is 4.74 Å². The smallest absolute Gasteiger partial charge is 0.307 e. The number of nitrogens with zero attached hydrogens (tertiary/aromatic N) is 1. The monoisotopic (exact) mass is 353 g/mol. The number of hydrogen-bond donors (Lipinski definition) is 0. The SMILES string of the molecule is CCN(CC)CCCC(=O)OC(CC)(c1ccccc1)c1ccccc1. The van der Waals surface area contributed by atoms with Gasteiger partial charge in [0.2, 0.25) is 0 Å². The van der Waals surface area contributed by atoms with Crippen molar-refractivity contribution in [2.24, 2.45) is 0 Å². The van der Waals surface area contributed by atoms with Crippen LogP contribution in [-0.4, -0.2) is 30.5 Å². The summed E-state index contributed by atoms with van der Waals surface area (Å²) >= 11 is 0. The molecule has 0 heterocycles. The first-order valence-corrected chi connectivity index (χ1v) is 9.71. The van der Waals surface area contributed by atoms with E-state index in [9.17, 15) is 4.79 Å². The molecule has 0 aliphatic heterocycles. The number of benzene rings is 2. The lowest BCUT2D eigenvalue weighted by atomic mass is 9.84. The van der Waals surface area contributed by atoms with E-state index in [0.29, 0.717) is 12.8 Å². The number of carbonyl (C=O) groups is 1. The maximum absolute atomic E-state index is 12.7. The first-order chi connectivity index (χ1) is 12.7. The fraction of sp³-hybridized carbons (Fsp3) is 0.435. The van der Waals surface area contributed by atoms with E-state index >= 15 is 0 Å². The van der Waals surface area contributed by atoms with Crippen molar-refractivity contribution in [3.05, 3.63) is 71.8 Å². The second kappa shape index (κ2) is 10.1. The van der Waals surface area contributed by atoms with Crippen molar-refractivity contribution in [3.8, 4) is 0 Å². The third kappa shape index (κ3) is 4.95. The molecule has 3 heteroatoms. The van der Waals surface area contributed by atoms with E-state index < -0.39 is 5.60 Å². The molecule has 0 radical (unpaired) electrons. The van der Waals surface area contributed by atoms with Gasteiger partial charge in [0.15, 0.2) is 5.60 Å². The summed E-state index contributed by atoms with van der Waals surface area (Å²) in [6.45, 7) is 9.32. The van der Waals surface area contributed by atoms with E-state index in [2.05, 4.69) is 25.7 Å². The molecule has 2 aromatic carbocycles. The maximum Gasteiger partial charge on any atom is 0.307 e. The molecule has 140 valence electrons. The van der Waals surface area contributed by atoms with E-state index in [1.807, 2.05) is 60.7 Å². The van der Waals surface area contributed by atoms with Gasteiger partial charge in [-0.2, -0.15) is 0 Å². The number of hydrogen-bond acceptors (Lipinski definition) is 3. The van der Waals surface area contributed by atoms with Crippen molar-refractivity contribution in [1.82, 2.24) is 4.90 Å². The van der Waals surface area contributed by atoms with Crippen molar-refractivity contribution >= 4 is 5.97 Å². The van der Waals surface area contributed by atoms with Gasteiger partial charge in [0, 0.05) is 17.5 Å². The highest BCUT2D eigenvalue weighted by molar-refractivity contribution is 5.70. The Morgan fingerprint density at radius 1 is 0.885 bits per heavy atom. The molecule has 0 saturated carbocycles. The van der Waals surface area contributed by atoms with Gasteiger partial charge in [-0.1, -0.05) is 81.4 Å². The van der Waals surface area contributed by atoms with E-state index in [0.717, 1.165) is 37.2 Å².